The Morgan fingerprint density at radius 1 is 1.34 bits per heavy atom. The number of guanidine groups is 1. The molecule has 0 aliphatic carbocycles. The van der Waals surface area contributed by atoms with Crippen LogP contribution in [0.3, 0.4) is 0 Å². The number of piperazine rings is 1. The molecule has 0 saturated carbocycles. The number of nitrogens with one attached hydrogen (secondary N) is 1. The lowest BCUT2D eigenvalue weighted by Crippen LogP contribution is -2.60. The second-order valence-corrected chi connectivity index (χ2v) is 7.95. The molecule has 1 aliphatic heterocycles. The first-order chi connectivity index (χ1) is 13.9. The number of thiophene rings is 1. The van der Waals surface area contributed by atoms with E-state index in [1.54, 1.807) is 11.0 Å². The molecule has 2 heterocycles. The van der Waals surface area contributed by atoms with E-state index in [4.69, 9.17) is 5.26 Å². The molecule has 1 unspecified atom stereocenters. The van der Waals surface area contributed by atoms with Crippen LogP contribution in [0.2, 0.25) is 0 Å². The van der Waals surface area contributed by atoms with Crippen LogP contribution in [0.25, 0.3) is 0 Å². The van der Waals surface area contributed by atoms with Crippen molar-refractivity contribution in [1.29, 1.82) is 5.26 Å². The van der Waals surface area contributed by atoms with Crippen molar-refractivity contribution in [2.24, 2.45) is 10.9 Å². The van der Waals surface area contributed by atoms with Gasteiger partial charge in [0.1, 0.15) is 17.3 Å². The molecule has 1 saturated heterocycles. The van der Waals surface area contributed by atoms with E-state index < -0.39 is 11.6 Å². The average molecular weight is 417 g/mol. The second-order valence-electron chi connectivity index (χ2n) is 7.00. The smallest absolute Gasteiger partial charge is 0.264 e. The van der Waals surface area contributed by atoms with E-state index in [-0.39, 0.29) is 29.5 Å². The highest BCUT2D eigenvalue weighted by atomic mass is 32.1. The van der Waals surface area contributed by atoms with Gasteiger partial charge < -0.3 is 9.80 Å². The van der Waals surface area contributed by atoms with Crippen molar-refractivity contribution < 1.29 is 13.6 Å². The molecule has 29 heavy (non-hydrogen) atoms. The van der Waals surface area contributed by atoms with E-state index >= 15 is 0 Å². The van der Waals surface area contributed by atoms with Crippen LogP contribution < -0.4 is 5.32 Å². The number of hydrogen-bond donors (Lipinski definition) is 1. The topological polar surface area (TPSA) is 71.7 Å². The SMILES string of the molecule is CC(C)C1CN(C(=O)c2cccs2)CCN1C(=Nc1cc(F)ccc1F)NC#N. The summed E-state index contributed by atoms with van der Waals surface area (Å²) < 4.78 is 27.6. The van der Waals surface area contributed by atoms with Gasteiger partial charge in [0.25, 0.3) is 5.91 Å². The Morgan fingerprint density at radius 3 is 2.79 bits per heavy atom. The second kappa shape index (κ2) is 9.01. The standard InChI is InChI=1S/C20H21F2N5OS/c1-13(2)17-11-26(19(28)18-4-3-9-29-18)7-8-27(17)20(24-12-23)25-16-10-14(21)5-6-15(16)22/h3-6,9-10,13,17H,7-8,11H2,1-2H3,(H,24,25). The van der Waals surface area contributed by atoms with E-state index in [9.17, 15) is 13.6 Å². The van der Waals surface area contributed by atoms with Gasteiger partial charge in [-0.2, -0.15) is 5.26 Å². The number of aliphatic imine (C=N–C) groups is 1. The highest BCUT2D eigenvalue weighted by Gasteiger charge is 2.34. The molecule has 1 N–H and O–H groups in total. The number of nitriles is 1. The Morgan fingerprint density at radius 2 is 2.14 bits per heavy atom. The highest BCUT2D eigenvalue weighted by molar-refractivity contribution is 7.12. The summed E-state index contributed by atoms with van der Waals surface area (Å²) in [6.45, 7) is 5.28. The Labute approximate surface area is 172 Å². The minimum Gasteiger partial charge on any atom is -0.335 e. The number of amides is 1. The monoisotopic (exact) mass is 417 g/mol. The largest absolute Gasteiger partial charge is 0.335 e. The maximum absolute atomic E-state index is 14.1. The van der Waals surface area contributed by atoms with Crippen LogP contribution in [0.5, 0.6) is 0 Å². The molecule has 1 fully saturated rings. The predicted molar refractivity (Wildman–Crippen MR) is 108 cm³/mol. The highest BCUT2D eigenvalue weighted by Crippen LogP contribution is 2.24. The average Bonchev–Trinajstić information content (AvgIpc) is 3.24. The molecule has 6 nitrogen and oxygen atoms in total. The van der Waals surface area contributed by atoms with Crippen molar-refractivity contribution in [3.05, 3.63) is 52.2 Å². The maximum Gasteiger partial charge on any atom is 0.264 e. The number of halogens is 2. The summed E-state index contributed by atoms with van der Waals surface area (Å²) in [6.07, 6.45) is 1.82. The summed E-state index contributed by atoms with van der Waals surface area (Å²) in [5.41, 5.74) is -0.192. The van der Waals surface area contributed by atoms with Crippen molar-refractivity contribution in [2.75, 3.05) is 19.6 Å². The van der Waals surface area contributed by atoms with Gasteiger partial charge in [0.15, 0.2) is 6.19 Å². The number of rotatable bonds is 3. The van der Waals surface area contributed by atoms with Crippen molar-refractivity contribution >= 4 is 28.9 Å². The number of carbonyl (C=O) groups excluding carboxylic acids is 1. The van der Waals surface area contributed by atoms with Crippen molar-refractivity contribution in [2.45, 2.75) is 19.9 Å². The zero-order valence-corrected chi connectivity index (χ0v) is 16.9. The third kappa shape index (κ3) is 4.71. The van der Waals surface area contributed by atoms with Crippen LogP contribution in [-0.2, 0) is 0 Å². The predicted octanol–water partition coefficient (Wildman–Crippen LogP) is 3.57. The summed E-state index contributed by atoms with van der Waals surface area (Å²) >= 11 is 1.39. The van der Waals surface area contributed by atoms with Gasteiger partial charge in [0.05, 0.1) is 10.9 Å². The first kappa shape index (κ1) is 20.7. The van der Waals surface area contributed by atoms with Gasteiger partial charge in [-0.15, -0.1) is 11.3 Å². The number of benzene rings is 1. The van der Waals surface area contributed by atoms with E-state index in [0.717, 1.165) is 18.2 Å². The quantitative estimate of drug-likeness (QED) is 0.359. The van der Waals surface area contributed by atoms with Gasteiger partial charge in [0.2, 0.25) is 5.96 Å². The first-order valence-corrected chi connectivity index (χ1v) is 10.1. The van der Waals surface area contributed by atoms with Gasteiger partial charge in [-0.3, -0.25) is 10.1 Å². The summed E-state index contributed by atoms with van der Waals surface area (Å²) in [5.74, 6) is -1.08. The zero-order chi connectivity index (χ0) is 21.0. The number of carbonyl (C=O) groups is 1. The fraction of sp³-hybridized carbons (Fsp3) is 0.350. The Bertz CT molecular complexity index is 939. The van der Waals surface area contributed by atoms with Gasteiger partial charge in [-0.05, 0) is 29.5 Å². The molecule has 1 atom stereocenters. The fourth-order valence-corrected chi connectivity index (χ4v) is 3.97. The Kier molecular flexibility index (Phi) is 6.44. The first-order valence-electron chi connectivity index (χ1n) is 9.19. The molecule has 3 rings (SSSR count). The molecule has 152 valence electrons. The molecular weight excluding hydrogens is 396 g/mol. The molecule has 1 aromatic carbocycles. The van der Waals surface area contributed by atoms with E-state index in [1.165, 1.54) is 11.3 Å². The number of nitrogens with zero attached hydrogens (tertiary/aromatic N) is 4. The van der Waals surface area contributed by atoms with Crippen molar-refractivity contribution in [1.82, 2.24) is 15.1 Å². The van der Waals surface area contributed by atoms with E-state index in [2.05, 4.69) is 10.3 Å². The van der Waals surface area contributed by atoms with Gasteiger partial charge >= 0.3 is 0 Å². The summed E-state index contributed by atoms with van der Waals surface area (Å²) in [5, 5.41) is 13.5. The van der Waals surface area contributed by atoms with Crippen LogP contribution in [0.4, 0.5) is 14.5 Å². The van der Waals surface area contributed by atoms with Crippen LogP contribution in [0, 0.1) is 29.0 Å². The zero-order valence-electron chi connectivity index (χ0n) is 16.1. The van der Waals surface area contributed by atoms with Crippen LogP contribution in [0.1, 0.15) is 23.5 Å². The summed E-state index contributed by atoms with van der Waals surface area (Å²) in [6, 6.07) is 6.47. The minimum absolute atomic E-state index is 0.0341. The van der Waals surface area contributed by atoms with Crippen molar-refractivity contribution in [3.8, 4) is 6.19 Å². The molecule has 1 aliphatic rings. The van der Waals surface area contributed by atoms with Gasteiger partial charge in [-0.1, -0.05) is 19.9 Å². The molecule has 0 radical (unpaired) electrons. The van der Waals surface area contributed by atoms with E-state index in [1.807, 2.05) is 36.4 Å². The van der Waals surface area contributed by atoms with Crippen molar-refractivity contribution in [3.63, 3.8) is 0 Å². The van der Waals surface area contributed by atoms with Gasteiger partial charge in [-0.25, -0.2) is 13.8 Å². The lowest BCUT2D eigenvalue weighted by atomic mass is 9.99. The summed E-state index contributed by atoms with van der Waals surface area (Å²) in [4.78, 5) is 21.2. The molecular formula is C20H21F2N5OS. The minimum atomic E-state index is -0.684. The fourth-order valence-electron chi connectivity index (χ4n) is 3.28. The normalized spacial score (nSPS) is 17.4. The summed E-state index contributed by atoms with van der Waals surface area (Å²) in [7, 11) is 0. The molecule has 1 amide bonds. The van der Waals surface area contributed by atoms with E-state index in [0.29, 0.717) is 24.5 Å². The maximum atomic E-state index is 14.1. The van der Waals surface area contributed by atoms with Crippen LogP contribution >= 0.6 is 11.3 Å². The Hall–Kier alpha value is -2.99. The lowest BCUT2D eigenvalue weighted by Gasteiger charge is -2.44. The third-order valence-corrected chi connectivity index (χ3v) is 5.64. The molecule has 0 bridgehead atoms. The molecule has 0 spiro atoms. The molecule has 2 aromatic rings. The molecule has 9 heteroatoms. The van der Waals surface area contributed by atoms with Gasteiger partial charge in [0, 0.05) is 25.7 Å². The third-order valence-electron chi connectivity index (χ3n) is 4.78. The lowest BCUT2D eigenvalue weighted by molar-refractivity contribution is 0.0560. The Balaban J connectivity index is 1.88. The molecule has 1 aromatic heterocycles. The van der Waals surface area contributed by atoms with Crippen LogP contribution in [0.15, 0.2) is 40.7 Å². The number of hydrogen-bond acceptors (Lipinski definition) is 4. The van der Waals surface area contributed by atoms with Crippen LogP contribution in [-0.4, -0.2) is 47.3 Å².